The van der Waals surface area contributed by atoms with E-state index in [9.17, 15) is 4.79 Å². The summed E-state index contributed by atoms with van der Waals surface area (Å²) in [4.78, 5) is 12.9. The SMILES string of the molecule is CCC1(C(=O)c2cc(C)c(C)cc2C)CCCC1. The number of rotatable bonds is 3. The van der Waals surface area contributed by atoms with Crippen LogP contribution < -0.4 is 0 Å². The third-order valence-corrected chi connectivity index (χ3v) is 4.80. The van der Waals surface area contributed by atoms with Gasteiger partial charge in [0.2, 0.25) is 0 Å². The molecule has 1 heteroatoms. The first-order valence-corrected chi connectivity index (χ1v) is 7.13. The van der Waals surface area contributed by atoms with Crippen LogP contribution in [-0.4, -0.2) is 5.78 Å². The average molecular weight is 244 g/mol. The Bertz CT molecular complexity index is 465. The summed E-state index contributed by atoms with van der Waals surface area (Å²) in [7, 11) is 0. The van der Waals surface area contributed by atoms with E-state index in [1.807, 2.05) is 0 Å². The van der Waals surface area contributed by atoms with E-state index in [1.54, 1.807) is 0 Å². The maximum atomic E-state index is 12.9. The number of carbonyl (C=O) groups is 1. The highest BCUT2D eigenvalue weighted by molar-refractivity contribution is 6.02. The maximum Gasteiger partial charge on any atom is 0.169 e. The third-order valence-electron chi connectivity index (χ3n) is 4.80. The fourth-order valence-corrected chi connectivity index (χ4v) is 3.28. The van der Waals surface area contributed by atoms with E-state index in [-0.39, 0.29) is 5.41 Å². The van der Waals surface area contributed by atoms with Crippen molar-refractivity contribution in [1.29, 1.82) is 0 Å². The van der Waals surface area contributed by atoms with Gasteiger partial charge in [-0.2, -0.15) is 0 Å². The summed E-state index contributed by atoms with van der Waals surface area (Å²) in [5.74, 6) is 0.392. The van der Waals surface area contributed by atoms with E-state index in [0.717, 1.165) is 30.4 Å². The summed E-state index contributed by atoms with van der Waals surface area (Å²) in [6.07, 6.45) is 5.56. The summed E-state index contributed by atoms with van der Waals surface area (Å²) >= 11 is 0. The minimum absolute atomic E-state index is 0.0630. The number of ketones is 1. The highest BCUT2D eigenvalue weighted by atomic mass is 16.1. The first kappa shape index (κ1) is 13.3. The second kappa shape index (κ2) is 4.87. The molecule has 0 N–H and O–H groups in total. The van der Waals surface area contributed by atoms with Gasteiger partial charge < -0.3 is 0 Å². The largest absolute Gasteiger partial charge is 0.294 e. The monoisotopic (exact) mass is 244 g/mol. The van der Waals surface area contributed by atoms with Crippen LogP contribution in [0, 0.1) is 26.2 Å². The number of Topliss-reactive ketones (excluding diaryl/α,β-unsaturated/α-hetero) is 1. The highest BCUT2D eigenvalue weighted by Gasteiger charge is 2.40. The second-order valence-corrected chi connectivity index (χ2v) is 5.92. The molecule has 1 aromatic rings. The van der Waals surface area contributed by atoms with Gasteiger partial charge in [-0.25, -0.2) is 0 Å². The molecule has 1 saturated carbocycles. The minimum Gasteiger partial charge on any atom is -0.294 e. The summed E-state index contributed by atoms with van der Waals surface area (Å²) in [5.41, 5.74) is 4.55. The van der Waals surface area contributed by atoms with Crippen LogP contribution in [0.1, 0.15) is 66.1 Å². The molecule has 0 heterocycles. The fraction of sp³-hybridized carbons (Fsp3) is 0.588. The Kier molecular flexibility index (Phi) is 3.61. The molecule has 18 heavy (non-hydrogen) atoms. The standard InChI is InChI=1S/C17H24O/c1-5-17(8-6-7-9-17)16(18)15-11-13(3)12(2)10-14(15)4/h10-11H,5-9H2,1-4H3. The zero-order chi connectivity index (χ0) is 13.3. The Balaban J connectivity index is 2.42. The number of aryl methyl sites for hydroxylation is 3. The first-order chi connectivity index (χ1) is 8.50. The van der Waals surface area contributed by atoms with Gasteiger partial charge >= 0.3 is 0 Å². The van der Waals surface area contributed by atoms with Crippen molar-refractivity contribution in [3.8, 4) is 0 Å². The van der Waals surface area contributed by atoms with Gasteiger partial charge in [0, 0.05) is 11.0 Å². The molecule has 0 amide bonds. The van der Waals surface area contributed by atoms with Crippen molar-refractivity contribution in [2.24, 2.45) is 5.41 Å². The molecule has 1 aliphatic rings. The Hall–Kier alpha value is -1.11. The normalized spacial score (nSPS) is 18.0. The minimum atomic E-state index is -0.0630. The predicted octanol–water partition coefficient (Wildman–Crippen LogP) is 4.76. The van der Waals surface area contributed by atoms with Gasteiger partial charge in [-0.05, 0) is 62.8 Å². The van der Waals surface area contributed by atoms with E-state index in [2.05, 4.69) is 39.8 Å². The van der Waals surface area contributed by atoms with Crippen molar-refractivity contribution in [2.45, 2.75) is 59.8 Å². The van der Waals surface area contributed by atoms with Crippen LogP contribution in [0.5, 0.6) is 0 Å². The first-order valence-electron chi connectivity index (χ1n) is 7.13. The molecular formula is C17H24O. The van der Waals surface area contributed by atoms with Gasteiger partial charge in [-0.3, -0.25) is 4.79 Å². The van der Waals surface area contributed by atoms with E-state index < -0.39 is 0 Å². The third kappa shape index (κ3) is 2.11. The quantitative estimate of drug-likeness (QED) is 0.700. The lowest BCUT2D eigenvalue weighted by Gasteiger charge is -2.27. The molecule has 0 aliphatic heterocycles. The van der Waals surface area contributed by atoms with Crippen LogP contribution >= 0.6 is 0 Å². The van der Waals surface area contributed by atoms with Gasteiger partial charge in [-0.15, -0.1) is 0 Å². The average Bonchev–Trinajstić information content (AvgIpc) is 2.83. The zero-order valence-corrected chi connectivity index (χ0v) is 12.1. The topological polar surface area (TPSA) is 17.1 Å². The van der Waals surface area contributed by atoms with Crippen molar-refractivity contribution >= 4 is 5.78 Å². The molecule has 98 valence electrons. The van der Waals surface area contributed by atoms with Crippen molar-refractivity contribution in [1.82, 2.24) is 0 Å². The van der Waals surface area contributed by atoms with E-state index in [4.69, 9.17) is 0 Å². The lowest BCUT2D eigenvalue weighted by Crippen LogP contribution is -2.28. The van der Waals surface area contributed by atoms with Gasteiger partial charge in [0.25, 0.3) is 0 Å². The molecule has 0 aromatic heterocycles. The van der Waals surface area contributed by atoms with Gasteiger partial charge in [0.15, 0.2) is 5.78 Å². The summed E-state index contributed by atoms with van der Waals surface area (Å²) in [6, 6.07) is 4.25. The molecule has 0 spiro atoms. The van der Waals surface area contributed by atoms with Gasteiger partial charge in [0.1, 0.15) is 0 Å². The highest BCUT2D eigenvalue weighted by Crippen LogP contribution is 2.44. The van der Waals surface area contributed by atoms with Gasteiger partial charge in [-0.1, -0.05) is 25.8 Å². The molecule has 1 aromatic carbocycles. The lowest BCUT2D eigenvalue weighted by atomic mass is 9.75. The second-order valence-electron chi connectivity index (χ2n) is 5.92. The number of hydrogen-bond acceptors (Lipinski definition) is 1. The summed E-state index contributed by atoms with van der Waals surface area (Å²) in [6.45, 7) is 8.44. The number of benzene rings is 1. The van der Waals surface area contributed by atoms with E-state index >= 15 is 0 Å². The smallest absolute Gasteiger partial charge is 0.169 e. The molecule has 0 unspecified atom stereocenters. The molecular weight excluding hydrogens is 220 g/mol. The van der Waals surface area contributed by atoms with Crippen molar-refractivity contribution < 1.29 is 4.79 Å². The lowest BCUT2D eigenvalue weighted by molar-refractivity contribution is 0.0790. The van der Waals surface area contributed by atoms with Crippen LogP contribution in [-0.2, 0) is 0 Å². The molecule has 1 aliphatic carbocycles. The van der Waals surface area contributed by atoms with Crippen LogP contribution in [0.15, 0.2) is 12.1 Å². The molecule has 1 fully saturated rings. The molecule has 0 radical (unpaired) electrons. The van der Waals surface area contributed by atoms with E-state index in [0.29, 0.717) is 5.78 Å². The van der Waals surface area contributed by atoms with Crippen LogP contribution in [0.2, 0.25) is 0 Å². The Morgan fingerprint density at radius 1 is 1.06 bits per heavy atom. The molecule has 0 atom stereocenters. The van der Waals surface area contributed by atoms with E-state index in [1.165, 1.54) is 24.0 Å². The Morgan fingerprint density at radius 3 is 2.17 bits per heavy atom. The van der Waals surface area contributed by atoms with Crippen molar-refractivity contribution in [2.75, 3.05) is 0 Å². The van der Waals surface area contributed by atoms with Crippen molar-refractivity contribution in [3.63, 3.8) is 0 Å². The Morgan fingerprint density at radius 2 is 1.61 bits per heavy atom. The molecule has 0 bridgehead atoms. The van der Waals surface area contributed by atoms with Crippen molar-refractivity contribution in [3.05, 3.63) is 34.4 Å². The number of carbonyl (C=O) groups excluding carboxylic acids is 1. The zero-order valence-electron chi connectivity index (χ0n) is 12.1. The van der Waals surface area contributed by atoms with Crippen LogP contribution in [0.3, 0.4) is 0 Å². The number of hydrogen-bond donors (Lipinski definition) is 0. The Labute approximate surface area is 111 Å². The summed E-state index contributed by atoms with van der Waals surface area (Å²) in [5, 5.41) is 0. The van der Waals surface area contributed by atoms with Crippen LogP contribution in [0.4, 0.5) is 0 Å². The summed E-state index contributed by atoms with van der Waals surface area (Å²) < 4.78 is 0. The molecule has 2 rings (SSSR count). The van der Waals surface area contributed by atoms with Crippen LogP contribution in [0.25, 0.3) is 0 Å². The maximum absolute atomic E-state index is 12.9. The fourth-order valence-electron chi connectivity index (χ4n) is 3.28. The molecule has 1 nitrogen and oxygen atoms in total. The van der Waals surface area contributed by atoms with Gasteiger partial charge in [0.05, 0.1) is 0 Å². The predicted molar refractivity (Wildman–Crippen MR) is 76.2 cm³/mol. The molecule has 0 saturated heterocycles.